The first-order chi connectivity index (χ1) is 15.1. The Bertz CT molecular complexity index is 1100. The van der Waals surface area contributed by atoms with Crippen molar-refractivity contribution in [2.45, 2.75) is 58.6 Å². The van der Waals surface area contributed by atoms with Gasteiger partial charge in [0.1, 0.15) is 11.4 Å². The first-order valence-electron chi connectivity index (χ1n) is 9.80. The second-order valence-corrected chi connectivity index (χ2v) is 8.88. The van der Waals surface area contributed by atoms with Gasteiger partial charge in [0.2, 0.25) is 5.28 Å². The number of hydrogen-bond acceptors (Lipinski definition) is 7. The highest BCUT2D eigenvalue weighted by atomic mass is 35.5. The Morgan fingerprint density at radius 2 is 1.91 bits per heavy atom. The molecule has 3 rings (SSSR count). The topological polar surface area (TPSA) is 110 Å². The van der Waals surface area contributed by atoms with Crippen molar-refractivity contribution in [3.63, 3.8) is 0 Å². The van der Waals surface area contributed by atoms with E-state index in [0.29, 0.717) is 17.3 Å². The number of carbonyl (C=O) groups excluding carboxylic acids is 1. The molecule has 13 heteroatoms. The summed E-state index contributed by atoms with van der Waals surface area (Å²) in [6, 6.07) is 1.56. The molecule has 1 aromatic heterocycles. The molecule has 0 aliphatic carbocycles. The predicted molar refractivity (Wildman–Crippen MR) is 113 cm³/mol. The van der Waals surface area contributed by atoms with E-state index < -0.39 is 40.1 Å². The van der Waals surface area contributed by atoms with Gasteiger partial charge in [-0.2, -0.15) is 13.2 Å². The molecule has 1 amide bonds. The van der Waals surface area contributed by atoms with Gasteiger partial charge in [-0.15, -0.1) is 0 Å². The number of amides is 1. The van der Waals surface area contributed by atoms with E-state index >= 15 is 0 Å². The van der Waals surface area contributed by atoms with Gasteiger partial charge in [-0.25, -0.2) is 14.8 Å². The van der Waals surface area contributed by atoms with Crippen LogP contribution < -0.4 is 5.32 Å². The van der Waals surface area contributed by atoms with Crippen LogP contribution in [0.25, 0.3) is 0 Å². The third-order valence-corrected chi connectivity index (χ3v) is 4.91. The number of nitrogens with one attached hydrogen (secondary N) is 1. The van der Waals surface area contributed by atoms with Crippen LogP contribution >= 0.6 is 11.6 Å². The first kappa shape index (κ1) is 24.5. The molecule has 1 atom stereocenters. The highest BCUT2D eigenvalue weighted by Crippen LogP contribution is 2.36. The monoisotopic (exact) mass is 487 g/mol. The fourth-order valence-corrected chi connectivity index (χ4v) is 3.43. The van der Waals surface area contributed by atoms with Gasteiger partial charge in [-0.3, -0.25) is 15.0 Å². The van der Waals surface area contributed by atoms with Crippen molar-refractivity contribution in [2.24, 2.45) is 0 Å². The molecule has 0 saturated carbocycles. The summed E-state index contributed by atoms with van der Waals surface area (Å²) in [5.74, 6) is 0.212. The van der Waals surface area contributed by atoms with E-state index in [9.17, 15) is 28.1 Å². The maximum atomic E-state index is 13.2. The number of nitro groups is 1. The molecular weight excluding hydrogens is 467 g/mol. The van der Waals surface area contributed by atoms with Crippen molar-refractivity contribution >= 4 is 29.2 Å². The number of hydrogen-bond donors (Lipinski definition) is 1. The van der Waals surface area contributed by atoms with E-state index in [1.807, 2.05) is 0 Å². The van der Waals surface area contributed by atoms with E-state index in [2.05, 4.69) is 15.3 Å². The predicted octanol–water partition coefficient (Wildman–Crippen LogP) is 5.48. The quantitative estimate of drug-likeness (QED) is 0.345. The van der Waals surface area contributed by atoms with E-state index in [1.54, 1.807) is 20.8 Å². The Labute approximate surface area is 192 Å². The maximum absolute atomic E-state index is 13.2. The lowest BCUT2D eigenvalue weighted by molar-refractivity contribution is -0.385. The Morgan fingerprint density at radius 1 is 1.24 bits per heavy atom. The molecule has 2 heterocycles. The van der Waals surface area contributed by atoms with E-state index in [4.69, 9.17) is 16.3 Å². The van der Waals surface area contributed by atoms with Gasteiger partial charge in [0.25, 0.3) is 5.69 Å². The zero-order valence-corrected chi connectivity index (χ0v) is 18.9. The Hall–Kier alpha value is -3.15. The summed E-state index contributed by atoms with van der Waals surface area (Å²) in [5, 5.41) is 14.0. The highest BCUT2D eigenvalue weighted by molar-refractivity contribution is 6.28. The van der Waals surface area contributed by atoms with Crippen molar-refractivity contribution in [1.82, 2.24) is 14.9 Å². The molecule has 0 bridgehead atoms. The lowest BCUT2D eigenvalue weighted by Gasteiger charge is -2.24. The van der Waals surface area contributed by atoms with Gasteiger partial charge in [0.05, 0.1) is 35.3 Å². The second kappa shape index (κ2) is 8.65. The summed E-state index contributed by atoms with van der Waals surface area (Å²) in [7, 11) is 0. The number of halogens is 4. The normalized spacial score (nSPS) is 14.6. The number of fused-ring (bicyclic) bond motifs is 1. The van der Waals surface area contributed by atoms with Gasteiger partial charge in [0, 0.05) is 17.7 Å². The summed E-state index contributed by atoms with van der Waals surface area (Å²) in [4.78, 5) is 32.3. The van der Waals surface area contributed by atoms with Crippen LogP contribution in [0.1, 0.15) is 56.1 Å². The van der Waals surface area contributed by atoms with Crippen LogP contribution in [0.3, 0.4) is 0 Å². The van der Waals surface area contributed by atoms with E-state index in [1.165, 1.54) is 11.8 Å². The average Bonchev–Trinajstić information content (AvgIpc) is 3.10. The van der Waals surface area contributed by atoms with Crippen LogP contribution in [0.4, 0.5) is 29.5 Å². The molecule has 1 aromatic carbocycles. The standard InChI is InChI=1S/C20H21ClF3N5O4/c1-10(11-5-12(20(22,23)24)7-13(6-11)29(31)32)25-16-14-8-28(18(30)33-19(2,3)4)9-15(14)26-17(21)27-16/h5-7,10H,8-9H2,1-4H3,(H,25,26,27). The minimum Gasteiger partial charge on any atom is -0.444 e. The molecule has 0 saturated heterocycles. The van der Waals surface area contributed by atoms with Gasteiger partial charge >= 0.3 is 12.3 Å². The summed E-state index contributed by atoms with van der Waals surface area (Å²) >= 11 is 6.01. The number of anilines is 1. The van der Waals surface area contributed by atoms with Crippen molar-refractivity contribution in [2.75, 3.05) is 5.32 Å². The first-order valence-corrected chi connectivity index (χ1v) is 10.2. The number of ether oxygens (including phenoxy) is 1. The van der Waals surface area contributed by atoms with Crippen molar-refractivity contribution in [1.29, 1.82) is 0 Å². The Balaban J connectivity index is 1.90. The molecule has 9 nitrogen and oxygen atoms in total. The summed E-state index contributed by atoms with van der Waals surface area (Å²) in [6.45, 7) is 6.93. The number of nitrogens with zero attached hydrogens (tertiary/aromatic N) is 4. The highest BCUT2D eigenvalue weighted by Gasteiger charge is 2.34. The number of rotatable bonds is 4. The van der Waals surface area contributed by atoms with Crippen LogP contribution in [-0.4, -0.2) is 31.5 Å². The Morgan fingerprint density at radius 3 is 2.48 bits per heavy atom. The number of aromatic nitrogens is 2. The number of carbonyl (C=O) groups is 1. The van der Waals surface area contributed by atoms with Crippen LogP contribution in [0.15, 0.2) is 18.2 Å². The molecule has 0 radical (unpaired) electrons. The fraction of sp³-hybridized carbons (Fsp3) is 0.450. The van der Waals surface area contributed by atoms with Gasteiger partial charge in [-0.1, -0.05) is 0 Å². The maximum Gasteiger partial charge on any atom is 0.416 e. The molecule has 1 N–H and O–H groups in total. The third kappa shape index (κ3) is 5.81. The van der Waals surface area contributed by atoms with Gasteiger partial charge in [-0.05, 0) is 50.9 Å². The van der Waals surface area contributed by atoms with Crippen LogP contribution in [0, 0.1) is 10.1 Å². The van der Waals surface area contributed by atoms with Crippen LogP contribution in [0.5, 0.6) is 0 Å². The molecule has 178 valence electrons. The van der Waals surface area contributed by atoms with Crippen LogP contribution in [0.2, 0.25) is 5.28 Å². The zero-order valence-electron chi connectivity index (χ0n) is 18.2. The second-order valence-electron chi connectivity index (χ2n) is 8.54. The minimum atomic E-state index is -4.76. The number of nitro benzene ring substituents is 1. The lowest BCUT2D eigenvalue weighted by Crippen LogP contribution is -2.33. The average molecular weight is 488 g/mol. The molecule has 33 heavy (non-hydrogen) atoms. The van der Waals surface area contributed by atoms with Gasteiger partial charge in [0.15, 0.2) is 0 Å². The number of alkyl halides is 3. The summed E-state index contributed by atoms with van der Waals surface area (Å²) < 4.78 is 45.1. The summed E-state index contributed by atoms with van der Waals surface area (Å²) in [6.07, 6.45) is -5.32. The fourth-order valence-electron chi connectivity index (χ4n) is 3.24. The number of non-ortho nitro benzene ring substituents is 1. The van der Waals surface area contributed by atoms with E-state index in [0.717, 1.165) is 12.1 Å². The van der Waals surface area contributed by atoms with Gasteiger partial charge < -0.3 is 10.1 Å². The third-order valence-electron chi connectivity index (χ3n) is 4.74. The molecule has 0 spiro atoms. The Kier molecular flexibility index (Phi) is 6.42. The van der Waals surface area contributed by atoms with Crippen molar-refractivity contribution in [3.05, 3.63) is 56.0 Å². The molecule has 1 aliphatic rings. The summed E-state index contributed by atoms with van der Waals surface area (Å²) in [5.41, 5.74) is -1.51. The zero-order chi connectivity index (χ0) is 24.7. The van der Waals surface area contributed by atoms with E-state index in [-0.39, 0.29) is 29.8 Å². The molecular formula is C20H21ClF3N5O4. The molecule has 1 aliphatic heterocycles. The largest absolute Gasteiger partial charge is 0.444 e. The lowest BCUT2D eigenvalue weighted by atomic mass is 10.0. The van der Waals surface area contributed by atoms with Crippen molar-refractivity contribution in [3.8, 4) is 0 Å². The minimum absolute atomic E-state index is 0.0296. The molecule has 2 aromatic rings. The number of benzene rings is 1. The smallest absolute Gasteiger partial charge is 0.416 e. The SMILES string of the molecule is CC(Nc1nc(Cl)nc2c1CN(C(=O)OC(C)(C)C)C2)c1cc([N+](=O)[O-])cc(C(F)(F)F)c1. The van der Waals surface area contributed by atoms with Crippen LogP contribution in [-0.2, 0) is 24.0 Å². The van der Waals surface area contributed by atoms with Crippen molar-refractivity contribution < 1.29 is 27.6 Å². The molecule has 0 fully saturated rings. The molecule has 1 unspecified atom stereocenters.